The van der Waals surface area contributed by atoms with Gasteiger partial charge in [0.2, 0.25) is 0 Å². The molecule has 0 spiro atoms. The molecule has 0 radical (unpaired) electrons. The van der Waals surface area contributed by atoms with Gasteiger partial charge in [-0.15, -0.1) is 0 Å². The first-order chi connectivity index (χ1) is 17.9. The molecule has 3 aromatic rings. The zero-order valence-electron chi connectivity index (χ0n) is 20.8. The highest BCUT2D eigenvalue weighted by Crippen LogP contribution is 2.34. The van der Waals surface area contributed by atoms with E-state index in [1.807, 2.05) is 37.3 Å². The normalized spacial score (nSPS) is 17.5. The van der Waals surface area contributed by atoms with E-state index in [1.165, 1.54) is 11.8 Å². The van der Waals surface area contributed by atoms with E-state index in [4.69, 9.17) is 28.8 Å². The molecule has 0 atom stereocenters. The standard InChI is InChI=1S/C27H28ClN5O2S2/c1-3-4-10-33-26(35)22(37-27(33)36)17-21-24(29-23-18(2)7-6-11-32(23)25(21)34)31-14-12-30(13-15-31)20-9-5-8-19(28)16-20/h5-9,11,16-17H,3-4,10,12-15H2,1-2H3/b22-17-. The number of nitrogens with zero attached hydrogens (tertiary/aromatic N) is 5. The quantitative estimate of drug-likeness (QED) is 0.315. The molecule has 5 rings (SSSR count). The molecule has 0 saturated carbocycles. The fourth-order valence-electron chi connectivity index (χ4n) is 4.66. The minimum atomic E-state index is -0.195. The Balaban J connectivity index is 1.52. The smallest absolute Gasteiger partial charge is 0.267 e. The Morgan fingerprint density at radius 1 is 1.11 bits per heavy atom. The molecule has 2 aliphatic heterocycles. The van der Waals surface area contributed by atoms with Gasteiger partial charge in [0.25, 0.3) is 11.5 Å². The van der Waals surface area contributed by atoms with Gasteiger partial charge in [-0.05, 0) is 49.2 Å². The van der Waals surface area contributed by atoms with Gasteiger partial charge in [0.15, 0.2) is 0 Å². The molecule has 7 nitrogen and oxygen atoms in total. The van der Waals surface area contributed by atoms with Gasteiger partial charge < -0.3 is 9.80 Å². The van der Waals surface area contributed by atoms with Gasteiger partial charge in [0, 0.05) is 49.6 Å². The van der Waals surface area contributed by atoms with Crippen molar-refractivity contribution in [1.29, 1.82) is 0 Å². The summed E-state index contributed by atoms with van der Waals surface area (Å²) in [5, 5.41) is 0.707. The number of piperazine rings is 1. The maximum absolute atomic E-state index is 13.8. The average Bonchev–Trinajstić information content (AvgIpc) is 3.16. The van der Waals surface area contributed by atoms with Gasteiger partial charge in [-0.3, -0.25) is 18.9 Å². The Bertz CT molecular complexity index is 1460. The summed E-state index contributed by atoms with van der Waals surface area (Å²) in [4.78, 5) is 38.4. The van der Waals surface area contributed by atoms with Crippen LogP contribution in [0.2, 0.25) is 5.02 Å². The van der Waals surface area contributed by atoms with Crippen LogP contribution in [-0.2, 0) is 4.79 Å². The van der Waals surface area contributed by atoms with Crippen molar-refractivity contribution in [2.45, 2.75) is 26.7 Å². The Labute approximate surface area is 230 Å². The van der Waals surface area contributed by atoms with Crippen LogP contribution >= 0.6 is 35.6 Å². The van der Waals surface area contributed by atoms with Gasteiger partial charge in [0.1, 0.15) is 15.8 Å². The van der Waals surface area contributed by atoms with Crippen LogP contribution in [0.3, 0.4) is 0 Å². The lowest BCUT2D eigenvalue weighted by atomic mass is 10.2. The Hall–Kier alpha value is -2.88. The molecule has 10 heteroatoms. The summed E-state index contributed by atoms with van der Waals surface area (Å²) in [6, 6.07) is 11.6. The lowest BCUT2D eigenvalue weighted by Gasteiger charge is -2.37. The fourth-order valence-corrected chi connectivity index (χ4v) is 6.13. The van der Waals surface area contributed by atoms with E-state index in [1.54, 1.807) is 21.6 Å². The van der Waals surface area contributed by atoms with Crippen molar-refractivity contribution in [3.63, 3.8) is 0 Å². The number of anilines is 2. The van der Waals surface area contributed by atoms with Crippen LogP contribution in [0, 0.1) is 6.92 Å². The second-order valence-electron chi connectivity index (χ2n) is 9.18. The highest BCUT2D eigenvalue weighted by Gasteiger charge is 2.33. The van der Waals surface area contributed by atoms with Gasteiger partial charge in [-0.2, -0.15) is 0 Å². The summed E-state index contributed by atoms with van der Waals surface area (Å²) in [6.45, 7) is 7.49. The number of thioether (sulfide) groups is 1. The summed E-state index contributed by atoms with van der Waals surface area (Å²) in [7, 11) is 0. The number of halogens is 1. The third-order valence-corrected chi connectivity index (χ3v) is 8.31. The van der Waals surface area contributed by atoms with Crippen molar-refractivity contribution in [1.82, 2.24) is 14.3 Å². The van der Waals surface area contributed by atoms with Crippen LogP contribution in [0.4, 0.5) is 11.5 Å². The lowest BCUT2D eigenvalue weighted by Crippen LogP contribution is -2.47. The molecule has 2 aliphatic rings. The molecule has 2 saturated heterocycles. The number of aromatic nitrogens is 2. The van der Waals surface area contributed by atoms with Crippen LogP contribution < -0.4 is 15.4 Å². The van der Waals surface area contributed by atoms with Gasteiger partial charge >= 0.3 is 0 Å². The number of carbonyl (C=O) groups excluding carboxylic acids is 1. The molecular formula is C27H28ClN5O2S2. The maximum atomic E-state index is 13.8. The molecule has 0 bridgehead atoms. The van der Waals surface area contributed by atoms with Gasteiger partial charge in [0.05, 0.1) is 10.5 Å². The van der Waals surface area contributed by atoms with Crippen LogP contribution in [0.1, 0.15) is 30.9 Å². The molecule has 2 fully saturated rings. The number of hydrogen-bond acceptors (Lipinski definition) is 7. The van der Waals surface area contributed by atoms with Crippen molar-refractivity contribution in [2.75, 3.05) is 42.5 Å². The highest BCUT2D eigenvalue weighted by atomic mass is 35.5. The number of thiocarbonyl (C=S) groups is 1. The minimum Gasteiger partial charge on any atom is -0.368 e. The van der Waals surface area contributed by atoms with E-state index >= 15 is 0 Å². The average molecular weight is 554 g/mol. The largest absolute Gasteiger partial charge is 0.368 e. The molecular weight excluding hydrogens is 526 g/mol. The Kier molecular flexibility index (Phi) is 7.55. The van der Waals surface area contributed by atoms with Crippen molar-refractivity contribution < 1.29 is 4.79 Å². The summed E-state index contributed by atoms with van der Waals surface area (Å²) >= 11 is 12.9. The van der Waals surface area contributed by atoms with Crippen molar-refractivity contribution in [2.24, 2.45) is 0 Å². The second-order valence-corrected chi connectivity index (χ2v) is 11.3. The third-order valence-electron chi connectivity index (χ3n) is 6.70. The van der Waals surface area contributed by atoms with E-state index in [0.717, 1.165) is 37.2 Å². The number of aryl methyl sites for hydroxylation is 1. The minimum absolute atomic E-state index is 0.145. The van der Waals surface area contributed by atoms with E-state index in [2.05, 4.69) is 22.8 Å². The van der Waals surface area contributed by atoms with Crippen LogP contribution in [0.25, 0.3) is 11.7 Å². The molecule has 4 heterocycles. The molecule has 1 amide bonds. The predicted molar refractivity (Wildman–Crippen MR) is 157 cm³/mol. The van der Waals surface area contributed by atoms with Crippen LogP contribution in [0.15, 0.2) is 52.3 Å². The number of hydrogen-bond donors (Lipinski definition) is 0. The SMILES string of the molecule is CCCCN1C(=O)/C(=C/c2c(N3CCN(c4cccc(Cl)c4)CC3)nc3c(C)cccn3c2=O)SC1=S. The predicted octanol–water partition coefficient (Wildman–Crippen LogP) is 4.98. The van der Waals surface area contributed by atoms with E-state index in [0.29, 0.717) is 50.9 Å². The van der Waals surface area contributed by atoms with Crippen molar-refractivity contribution in [3.05, 3.63) is 74.0 Å². The lowest BCUT2D eigenvalue weighted by molar-refractivity contribution is -0.122. The van der Waals surface area contributed by atoms with Gasteiger partial charge in [-0.25, -0.2) is 4.98 Å². The maximum Gasteiger partial charge on any atom is 0.267 e. The molecule has 0 aliphatic carbocycles. The number of amides is 1. The topological polar surface area (TPSA) is 61.2 Å². The zero-order chi connectivity index (χ0) is 26.1. The second kappa shape index (κ2) is 10.8. The first-order valence-electron chi connectivity index (χ1n) is 12.4. The van der Waals surface area contributed by atoms with E-state index in [9.17, 15) is 9.59 Å². The monoisotopic (exact) mass is 553 g/mol. The number of carbonyl (C=O) groups is 1. The number of pyridine rings is 1. The van der Waals surface area contributed by atoms with E-state index < -0.39 is 0 Å². The molecule has 2 aromatic heterocycles. The number of unbranched alkanes of at least 4 members (excludes halogenated alkanes) is 1. The Morgan fingerprint density at radius 3 is 2.59 bits per heavy atom. The Morgan fingerprint density at radius 2 is 1.86 bits per heavy atom. The summed E-state index contributed by atoms with van der Waals surface area (Å²) in [5.41, 5.74) is 2.82. The number of fused-ring (bicyclic) bond motifs is 1. The number of rotatable bonds is 6. The summed E-state index contributed by atoms with van der Waals surface area (Å²) < 4.78 is 2.09. The molecule has 37 heavy (non-hydrogen) atoms. The van der Waals surface area contributed by atoms with Crippen LogP contribution in [-0.4, -0.2) is 57.2 Å². The van der Waals surface area contributed by atoms with Crippen molar-refractivity contribution in [3.8, 4) is 0 Å². The van der Waals surface area contributed by atoms with Crippen LogP contribution in [0.5, 0.6) is 0 Å². The molecule has 0 N–H and O–H groups in total. The first kappa shape index (κ1) is 25.8. The summed E-state index contributed by atoms with van der Waals surface area (Å²) in [6.07, 6.45) is 5.26. The third kappa shape index (κ3) is 5.12. The highest BCUT2D eigenvalue weighted by molar-refractivity contribution is 8.26. The van der Waals surface area contributed by atoms with Crippen molar-refractivity contribution >= 4 is 69.0 Å². The number of benzene rings is 1. The zero-order valence-corrected chi connectivity index (χ0v) is 23.2. The van der Waals surface area contributed by atoms with E-state index in [-0.39, 0.29) is 11.5 Å². The molecule has 192 valence electrons. The molecule has 1 aromatic carbocycles. The fraction of sp³-hybridized carbons (Fsp3) is 0.333. The first-order valence-corrected chi connectivity index (χ1v) is 14.0. The molecule has 0 unspecified atom stereocenters. The van der Waals surface area contributed by atoms with Gasteiger partial charge in [-0.1, -0.05) is 61.1 Å². The summed E-state index contributed by atoms with van der Waals surface area (Å²) in [5.74, 6) is 0.456.